The summed E-state index contributed by atoms with van der Waals surface area (Å²) in [4.78, 5) is 41.5. The third-order valence-corrected chi connectivity index (χ3v) is 5.61. The topological polar surface area (TPSA) is 141 Å². The molecule has 1 aliphatic heterocycles. The minimum absolute atomic E-state index is 0.0613. The van der Waals surface area contributed by atoms with Gasteiger partial charge in [-0.1, -0.05) is 25.1 Å². The van der Waals surface area contributed by atoms with Crippen molar-refractivity contribution in [2.75, 3.05) is 33.7 Å². The van der Waals surface area contributed by atoms with Crippen LogP contribution in [-0.2, 0) is 28.5 Å². The van der Waals surface area contributed by atoms with Crippen LogP contribution in [0.2, 0.25) is 0 Å². The summed E-state index contributed by atoms with van der Waals surface area (Å²) in [6.07, 6.45) is 0.172. The molecule has 3 rings (SSSR count). The largest absolute Gasteiger partial charge is 0.493 e. The molecule has 39 heavy (non-hydrogen) atoms. The molecule has 12 heteroatoms. The van der Waals surface area contributed by atoms with Crippen molar-refractivity contribution in [2.24, 2.45) is 0 Å². The highest BCUT2D eigenvalue weighted by Crippen LogP contribution is 2.29. The Hall–Kier alpha value is -3.90. The molecular formula is C27H34N2O10. The molecule has 1 N–H and O–H groups in total. The highest BCUT2D eigenvalue weighted by atomic mass is 16.7. The second kappa shape index (κ2) is 14.9. The monoisotopic (exact) mass is 546 g/mol. The summed E-state index contributed by atoms with van der Waals surface area (Å²) < 4.78 is 39.1. The van der Waals surface area contributed by atoms with E-state index in [1.807, 2.05) is 25.1 Å². The SMILES string of the molecule is CCCO[C@H]1COC[C@H](NC(=O)c2nccc(OC)c2OCOC(C)=O)C(=O)O[C@@H](C)[C@@H]1Oc1ccccc1. The Bertz CT molecular complexity index is 1100. The lowest BCUT2D eigenvalue weighted by Crippen LogP contribution is -2.48. The number of carbonyl (C=O) groups is 3. The number of aromatic nitrogens is 1. The molecular weight excluding hydrogens is 512 g/mol. The van der Waals surface area contributed by atoms with Crippen LogP contribution in [0.15, 0.2) is 42.6 Å². The van der Waals surface area contributed by atoms with Gasteiger partial charge in [0.05, 0.1) is 20.3 Å². The zero-order valence-electron chi connectivity index (χ0n) is 22.4. The molecule has 0 spiro atoms. The summed E-state index contributed by atoms with van der Waals surface area (Å²) >= 11 is 0. The maximum absolute atomic E-state index is 13.2. The molecule has 1 aromatic carbocycles. The lowest BCUT2D eigenvalue weighted by molar-refractivity contribution is -0.158. The number of carbonyl (C=O) groups excluding carboxylic acids is 3. The van der Waals surface area contributed by atoms with E-state index in [2.05, 4.69) is 10.3 Å². The number of nitrogens with zero attached hydrogens (tertiary/aromatic N) is 1. The normalized spacial score (nSPS) is 21.4. The first-order chi connectivity index (χ1) is 18.8. The number of ether oxygens (including phenoxy) is 7. The van der Waals surface area contributed by atoms with Crippen LogP contribution in [0.3, 0.4) is 0 Å². The zero-order chi connectivity index (χ0) is 28.2. The van der Waals surface area contributed by atoms with Crippen molar-refractivity contribution in [3.8, 4) is 17.2 Å². The van der Waals surface area contributed by atoms with Crippen molar-refractivity contribution in [2.45, 2.75) is 51.5 Å². The number of nitrogens with one attached hydrogen (secondary N) is 1. The maximum atomic E-state index is 13.2. The number of amides is 1. The highest BCUT2D eigenvalue weighted by Gasteiger charge is 2.37. The predicted octanol–water partition coefficient (Wildman–Crippen LogP) is 2.29. The average Bonchev–Trinajstić information content (AvgIpc) is 2.97. The number of benzene rings is 1. The van der Waals surface area contributed by atoms with Gasteiger partial charge >= 0.3 is 11.9 Å². The number of pyridine rings is 1. The van der Waals surface area contributed by atoms with Gasteiger partial charge in [0, 0.05) is 25.8 Å². The quantitative estimate of drug-likeness (QED) is 0.328. The Balaban J connectivity index is 1.78. The van der Waals surface area contributed by atoms with E-state index < -0.39 is 49.0 Å². The van der Waals surface area contributed by atoms with E-state index in [0.29, 0.717) is 12.4 Å². The van der Waals surface area contributed by atoms with Crippen LogP contribution in [0.5, 0.6) is 17.2 Å². The summed E-state index contributed by atoms with van der Waals surface area (Å²) in [7, 11) is 1.38. The summed E-state index contributed by atoms with van der Waals surface area (Å²) in [6.45, 7) is 4.80. The van der Waals surface area contributed by atoms with Gasteiger partial charge in [-0.25, -0.2) is 9.78 Å². The predicted molar refractivity (Wildman–Crippen MR) is 137 cm³/mol. The number of esters is 2. The minimum atomic E-state index is -1.17. The molecule has 4 atom stereocenters. The fourth-order valence-electron chi connectivity index (χ4n) is 3.73. The van der Waals surface area contributed by atoms with E-state index >= 15 is 0 Å². The lowest BCUT2D eigenvalue weighted by Gasteiger charge is -2.31. The van der Waals surface area contributed by atoms with E-state index in [1.165, 1.54) is 26.3 Å². The molecule has 0 radical (unpaired) electrons. The Morgan fingerprint density at radius 3 is 2.62 bits per heavy atom. The van der Waals surface area contributed by atoms with Gasteiger partial charge in [-0.3, -0.25) is 9.59 Å². The molecule has 2 aromatic rings. The van der Waals surface area contributed by atoms with E-state index in [-0.39, 0.29) is 30.4 Å². The van der Waals surface area contributed by atoms with Crippen LogP contribution in [0.4, 0.5) is 0 Å². The Labute approximate surface area is 226 Å². The van der Waals surface area contributed by atoms with Crippen LogP contribution in [-0.4, -0.2) is 80.9 Å². The number of cyclic esters (lactones) is 1. The van der Waals surface area contributed by atoms with Crippen molar-refractivity contribution in [3.63, 3.8) is 0 Å². The third-order valence-electron chi connectivity index (χ3n) is 5.61. The molecule has 0 bridgehead atoms. The average molecular weight is 547 g/mol. The molecule has 0 saturated carbocycles. The van der Waals surface area contributed by atoms with Gasteiger partial charge in [0.15, 0.2) is 29.3 Å². The minimum Gasteiger partial charge on any atom is -0.493 e. The molecule has 0 aliphatic carbocycles. The van der Waals surface area contributed by atoms with Crippen molar-refractivity contribution in [3.05, 3.63) is 48.3 Å². The lowest BCUT2D eigenvalue weighted by atomic mass is 10.1. The second-order valence-corrected chi connectivity index (χ2v) is 8.60. The molecule has 0 unspecified atom stereocenters. The van der Waals surface area contributed by atoms with Gasteiger partial charge in [-0.2, -0.15) is 0 Å². The van der Waals surface area contributed by atoms with Crippen molar-refractivity contribution in [1.29, 1.82) is 0 Å². The van der Waals surface area contributed by atoms with Gasteiger partial charge in [0.2, 0.25) is 6.79 Å². The van der Waals surface area contributed by atoms with Gasteiger partial charge in [0.25, 0.3) is 5.91 Å². The maximum Gasteiger partial charge on any atom is 0.331 e. The molecule has 1 amide bonds. The number of rotatable bonds is 11. The number of hydrogen-bond donors (Lipinski definition) is 1. The molecule has 1 saturated heterocycles. The number of methoxy groups -OCH3 is 1. The van der Waals surface area contributed by atoms with E-state index in [4.69, 9.17) is 33.2 Å². The molecule has 2 heterocycles. The third kappa shape index (κ3) is 8.55. The first-order valence-electron chi connectivity index (χ1n) is 12.6. The van der Waals surface area contributed by atoms with Crippen LogP contribution >= 0.6 is 0 Å². The number of hydrogen-bond acceptors (Lipinski definition) is 11. The summed E-state index contributed by atoms with van der Waals surface area (Å²) in [5.41, 5.74) is -0.184. The van der Waals surface area contributed by atoms with Crippen molar-refractivity contribution < 1.29 is 47.5 Å². The van der Waals surface area contributed by atoms with Crippen LogP contribution in [0.25, 0.3) is 0 Å². The highest BCUT2D eigenvalue weighted by molar-refractivity contribution is 5.98. The second-order valence-electron chi connectivity index (χ2n) is 8.60. The van der Waals surface area contributed by atoms with Crippen LogP contribution in [0.1, 0.15) is 37.7 Å². The molecule has 12 nitrogen and oxygen atoms in total. The van der Waals surface area contributed by atoms with Gasteiger partial charge in [-0.05, 0) is 25.5 Å². The summed E-state index contributed by atoms with van der Waals surface area (Å²) in [5.74, 6) is -1.34. The molecule has 1 fully saturated rings. The molecule has 1 aliphatic rings. The van der Waals surface area contributed by atoms with Gasteiger partial charge in [0.1, 0.15) is 18.0 Å². The van der Waals surface area contributed by atoms with E-state index in [9.17, 15) is 14.4 Å². The Morgan fingerprint density at radius 1 is 1.15 bits per heavy atom. The molecule has 212 valence electrons. The van der Waals surface area contributed by atoms with Gasteiger partial charge in [-0.15, -0.1) is 0 Å². The first kappa shape index (κ1) is 29.7. The Kier molecular flexibility index (Phi) is 11.3. The van der Waals surface area contributed by atoms with Gasteiger partial charge < -0.3 is 38.5 Å². The zero-order valence-corrected chi connectivity index (χ0v) is 22.4. The van der Waals surface area contributed by atoms with E-state index in [0.717, 1.165) is 6.42 Å². The van der Waals surface area contributed by atoms with Crippen molar-refractivity contribution >= 4 is 17.8 Å². The standard InChI is InChI=1S/C27H34N2O10/c1-5-13-35-22-15-34-14-20(27(32)38-17(2)24(22)39-19-9-7-6-8-10-19)29-26(31)23-25(37-16-36-18(3)30)21(33-4)11-12-28-23/h6-12,17,20,22,24H,5,13-16H2,1-4H3,(H,29,31)/t17-,20-,22-,24-/m0/s1. The smallest absolute Gasteiger partial charge is 0.331 e. The first-order valence-corrected chi connectivity index (χ1v) is 12.6. The fourth-order valence-corrected chi connectivity index (χ4v) is 3.73. The number of para-hydroxylation sites is 1. The van der Waals surface area contributed by atoms with Crippen molar-refractivity contribution in [1.82, 2.24) is 10.3 Å². The van der Waals surface area contributed by atoms with Crippen LogP contribution < -0.4 is 19.5 Å². The fraction of sp³-hybridized carbons (Fsp3) is 0.481. The summed E-state index contributed by atoms with van der Waals surface area (Å²) in [6, 6.07) is 9.43. The molecule has 1 aromatic heterocycles. The van der Waals surface area contributed by atoms with E-state index in [1.54, 1.807) is 19.1 Å². The van der Waals surface area contributed by atoms with Crippen LogP contribution in [0, 0.1) is 0 Å². The Morgan fingerprint density at radius 2 is 1.92 bits per heavy atom. The summed E-state index contributed by atoms with van der Waals surface area (Å²) in [5, 5.41) is 2.59.